The molecule has 1 fully saturated rings. The van der Waals surface area contributed by atoms with E-state index < -0.39 is 5.97 Å². The molecule has 0 aliphatic heterocycles. The molecular formula is C10H13N3O2. The zero-order valence-electron chi connectivity index (χ0n) is 8.47. The van der Waals surface area contributed by atoms with Gasteiger partial charge < -0.3 is 15.7 Å². The Balaban J connectivity index is 2.35. The smallest absolute Gasteiger partial charge is 0.354 e. The zero-order chi connectivity index (χ0) is 11.0. The number of nitrogens with two attached hydrogens (primary N) is 1. The first-order valence-corrected chi connectivity index (χ1v) is 4.82. The highest BCUT2D eigenvalue weighted by Gasteiger charge is 2.28. The Morgan fingerprint density at radius 2 is 2.27 bits per heavy atom. The molecule has 1 heterocycles. The van der Waals surface area contributed by atoms with E-state index in [-0.39, 0.29) is 5.69 Å². The molecule has 5 nitrogen and oxygen atoms in total. The van der Waals surface area contributed by atoms with Gasteiger partial charge in [-0.2, -0.15) is 0 Å². The van der Waals surface area contributed by atoms with Crippen molar-refractivity contribution in [1.29, 1.82) is 0 Å². The number of carboxylic acid groups (broad SMARTS) is 1. The summed E-state index contributed by atoms with van der Waals surface area (Å²) in [6.45, 7) is 0. The molecule has 1 aromatic heterocycles. The number of rotatable bonds is 3. The van der Waals surface area contributed by atoms with Crippen LogP contribution in [0.5, 0.6) is 0 Å². The molecule has 0 radical (unpaired) electrons. The van der Waals surface area contributed by atoms with Crippen LogP contribution in [0, 0.1) is 0 Å². The van der Waals surface area contributed by atoms with Crippen molar-refractivity contribution in [2.24, 2.45) is 0 Å². The van der Waals surface area contributed by atoms with Gasteiger partial charge in [0.1, 0.15) is 0 Å². The third-order valence-electron chi connectivity index (χ3n) is 2.55. The number of aromatic nitrogens is 1. The van der Waals surface area contributed by atoms with Gasteiger partial charge in [-0.3, -0.25) is 0 Å². The molecule has 5 heteroatoms. The number of pyridine rings is 1. The summed E-state index contributed by atoms with van der Waals surface area (Å²) < 4.78 is 0. The third kappa shape index (κ3) is 1.86. The fourth-order valence-electron chi connectivity index (χ4n) is 1.50. The summed E-state index contributed by atoms with van der Waals surface area (Å²) in [4.78, 5) is 16.7. The number of nitrogen functional groups attached to an aromatic ring is 1. The van der Waals surface area contributed by atoms with Crippen LogP contribution in [-0.4, -0.2) is 29.1 Å². The van der Waals surface area contributed by atoms with Gasteiger partial charge in [-0.25, -0.2) is 9.78 Å². The maximum atomic E-state index is 10.8. The Kier molecular flexibility index (Phi) is 2.22. The molecule has 0 atom stereocenters. The predicted molar refractivity (Wildman–Crippen MR) is 57.0 cm³/mol. The fraction of sp³-hybridized carbons (Fsp3) is 0.400. The van der Waals surface area contributed by atoms with Crippen molar-refractivity contribution < 1.29 is 9.90 Å². The standard InChI is InChI=1S/C10H13N3O2/c1-13(6-2-3-6)9-7(11)4-5-8(12-9)10(14)15/h4-6H,2-3,11H2,1H3,(H,14,15). The van der Waals surface area contributed by atoms with E-state index in [0.717, 1.165) is 12.8 Å². The first kappa shape index (κ1) is 9.76. The van der Waals surface area contributed by atoms with Gasteiger partial charge >= 0.3 is 5.97 Å². The van der Waals surface area contributed by atoms with E-state index >= 15 is 0 Å². The Morgan fingerprint density at radius 1 is 1.60 bits per heavy atom. The van der Waals surface area contributed by atoms with Gasteiger partial charge in [-0.1, -0.05) is 0 Å². The van der Waals surface area contributed by atoms with Crippen LogP contribution in [0.2, 0.25) is 0 Å². The number of hydrogen-bond donors (Lipinski definition) is 2. The van der Waals surface area contributed by atoms with E-state index in [2.05, 4.69) is 4.98 Å². The van der Waals surface area contributed by atoms with Gasteiger partial charge in [-0.05, 0) is 25.0 Å². The van der Waals surface area contributed by atoms with Gasteiger partial charge in [0.25, 0.3) is 0 Å². The van der Waals surface area contributed by atoms with E-state index in [1.807, 2.05) is 11.9 Å². The topological polar surface area (TPSA) is 79.5 Å². The van der Waals surface area contributed by atoms with Crippen molar-refractivity contribution >= 4 is 17.5 Å². The lowest BCUT2D eigenvalue weighted by atomic mass is 10.3. The first-order chi connectivity index (χ1) is 7.09. The van der Waals surface area contributed by atoms with Crippen LogP contribution in [0.15, 0.2) is 12.1 Å². The summed E-state index contributed by atoms with van der Waals surface area (Å²) in [5.74, 6) is -0.460. The number of carboxylic acids is 1. The average Bonchev–Trinajstić information content (AvgIpc) is 3.00. The zero-order valence-corrected chi connectivity index (χ0v) is 8.47. The highest BCUT2D eigenvalue weighted by atomic mass is 16.4. The summed E-state index contributed by atoms with van der Waals surface area (Å²) in [5.41, 5.74) is 6.32. The first-order valence-electron chi connectivity index (χ1n) is 4.82. The molecular weight excluding hydrogens is 194 g/mol. The second-order valence-corrected chi connectivity index (χ2v) is 3.76. The van der Waals surface area contributed by atoms with E-state index in [0.29, 0.717) is 17.5 Å². The average molecular weight is 207 g/mol. The monoisotopic (exact) mass is 207 g/mol. The summed E-state index contributed by atoms with van der Waals surface area (Å²) in [6, 6.07) is 3.47. The van der Waals surface area contributed by atoms with Gasteiger partial charge in [0.05, 0.1) is 5.69 Å². The maximum Gasteiger partial charge on any atom is 0.354 e. The summed E-state index contributed by atoms with van der Waals surface area (Å²) in [7, 11) is 1.89. The number of nitrogens with zero attached hydrogens (tertiary/aromatic N) is 2. The van der Waals surface area contributed by atoms with Crippen LogP contribution in [0.1, 0.15) is 23.3 Å². The van der Waals surface area contributed by atoms with Crippen LogP contribution in [0.3, 0.4) is 0 Å². The van der Waals surface area contributed by atoms with E-state index in [9.17, 15) is 4.79 Å². The van der Waals surface area contributed by atoms with Gasteiger partial charge in [-0.15, -0.1) is 0 Å². The molecule has 0 unspecified atom stereocenters. The van der Waals surface area contributed by atoms with Crippen LogP contribution in [-0.2, 0) is 0 Å². The lowest BCUT2D eigenvalue weighted by Gasteiger charge is -2.19. The van der Waals surface area contributed by atoms with Crippen LogP contribution in [0.25, 0.3) is 0 Å². The second kappa shape index (κ2) is 3.42. The Bertz CT molecular complexity index is 402. The van der Waals surface area contributed by atoms with E-state index in [4.69, 9.17) is 10.8 Å². The van der Waals surface area contributed by atoms with Crippen LogP contribution in [0.4, 0.5) is 11.5 Å². The summed E-state index contributed by atoms with van der Waals surface area (Å²) in [6.07, 6.45) is 2.24. The molecule has 1 saturated carbocycles. The lowest BCUT2D eigenvalue weighted by Crippen LogP contribution is -2.22. The lowest BCUT2D eigenvalue weighted by molar-refractivity contribution is 0.0690. The highest BCUT2D eigenvalue weighted by molar-refractivity contribution is 5.87. The molecule has 1 aliphatic carbocycles. The normalized spacial score (nSPS) is 15.0. The summed E-state index contributed by atoms with van der Waals surface area (Å²) in [5, 5.41) is 8.81. The molecule has 0 aromatic carbocycles. The Hall–Kier alpha value is -1.78. The van der Waals surface area contributed by atoms with Gasteiger partial charge in [0.2, 0.25) is 0 Å². The SMILES string of the molecule is CN(c1nc(C(=O)O)ccc1N)C1CC1. The van der Waals surface area contributed by atoms with Gasteiger partial charge in [0, 0.05) is 13.1 Å². The van der Waals surface area contributed by atoms with Crippen molar-refractivity contribution in [2.75, 3.05) is 17.7 Å². The Labute approximate surface area is 87.5 Å². The van der Waals surface area contributed by atoms with Crippen molar-refractivity contribution in [3.05, 3.63) is 17.8 Å². The molecule has 2 rings (SSSR count). The molecule has 0 amide bonds. The number of aromatic carboxylic acids is 1. The predicted octanol–water partition coefficient (Wildman–Crippen LogP) is 0.961. The third-order valence-corrected chi connectivity index (χ3v) is 2.55. The van der Waals surface area contributed by atoms with Crippen molar-refractivity contribution in [3.8, 4) is 0 Å². The van der Waals surface area contributed by atoms with Crippen molar-refractivity contribution in [3.63, 3.8) is 0 Å². The molecule has 0 saturated heterocycles. The number of carbonyl (C=O) groups is 1. The largest absolute Gasteiger partial charge is 0.477 e. The quantitative estimate of drug-likeness (QED) is 0.771. The van der Waals surface area contributed by atoms with Crippen LogP contribution < -0.4 is 10.6 Å². The minimum absolute atomic E-state index is 0.0340. The highest BCUT2D eigenvalue weighted by Crippen LogP contribution is 2.31. The van der Waals surface area contributed by atoms with E-state index in [1.165, 1.54) is 6.07 Å². The minimum atomic E-state index is -1.03. The van der Waals surface area contributed by atoms with Crippen molar-refractivity contribution in [2.45, 2.75) is 18.9 Å². The number of hydrogen-bond acceptors (Lipinski definition) is 4. The van der Waals surface area contributed by atoms with Gasteiger partial charge in [0.15, 0.2) is 11.5 Å². The fourth-order valence-corrected chi connectivity index (χ4v) is 1.50. The van der Waals surface area contributed by atoms with Crippen LogP contribution >= 0.6 is 0 Å². The molecule has 15 heavy (non-hydrogen) atoms. The van der Waals surface area contributed by atoms with E-state index in [1.54, 1.807) is 6.07 Å². The molecule has 1 aromatic rings. The molecule has 80 valence electrons. The molecule has 3 N–H and O–H groups in total. The molecule has 0 bridgehead atoms. The number of anilines is 2. The van der Waals surface area contributed by atoms with Crippen molar-refractivity contribution in [1.82, 2.24) is 4.98 Å². The second-order valence-electron chi connectivity index (χ2n) is 3.76. The Morgan fingerprint density at radius 3 is 2.80 bits per heavy atom. The molecule has 0 spiro atoms. The maximum absolute atomic E-state index is 10.8. The summed E-state index contributed by atoms with van der Waals surface area (Å²) >= 11 is 0. The molecule has 1 aliphatic rings. The minimum Gasteiger partial charge on any atom is -0.477 e.